The Kier molecular flexibility index (Phi) is 5.08. The fraction of sp³-hybridized carbons (Fsp3) is 0.227. The van der Waals surface area contributed by atoms with E-state index in [-0.39, 0.29) is 11.6 Å². The molecule has 0 bridgehead atoms. The van der Waals surface area contributed by atoms with Crippen molar-refractivity contribution in [3.8, 4) is 0 Å². The number of fused-ring (bicyclic) bond motifs is 1. The maximum absolute atomic E-state index is 14.7. The van der Waals surface area contributed by atoms with Crippen LogP contribution in [0.15, 0.2) is 65.0 Å². The highest BCUT2D eigenvalue weighted by Gasteiger charge is 2.37. The summed E-state index contributed by atoms with van der Waals surface area (Å²) in [4.78, 5) is 17.4. The fourth-order valence-corrected chi connectivity index (χ4v) is 4.94. The van der Waals surface area contributed by atoms with Crippen LogP contribution in [0.25, 0.3) is 0 Å². The van der Waals surface area contributed by atoms with Gasteiger partial charge in [0.1, 0.15) is 11.9 Å². The number of nitrogens with zero attached hydrogens (tertiary/aromatic N) is 3. The summed E-state index contributed by atoms with van der Waals surface area (Å²) in [5.41, 5.74) is 2.91. The van der Waals surface area contributed by atoms with Gasteiger partial charge in [-0.1, -0.05) is 53.7 Å². The molecular weight excluding hydrogens is 423 g/mol. The van der Waals surface area contributed by atoms with Gasteiger partial charge in [0, 0.05) is 34.0 Å². The number of hydrogen-bond donors (Lipinski definition) is 1. The molecule has 152 valence electrons. The van der Waals surface area contributed by atoms with Crippen LogP contribution in [0.4, 0.5) is 10.3 Å². The summed E-state index contributed by atoms with van der Waals surface area (Å²) >= 11 is 7.54. The molecule has 2 heterocycles. The molecule has 1 aromatic heterocycles. The van der Waals surface area contributed by atoms with Crippen LogP contribution in [0.5, 0.6) is 0 Å². The Labute approximate surface area is 182 Å². The average Bonchev–Trinajstić information content (AvgIpc) is 3.14. The number of carbonyl (C=O) groups excluding carboxylic acids is 1. The van der Waals surface area contributed by atoms with Crippen LogP contribution in [0.3, 0.4) is 0 Å². The summed E-state index contributed by atoms with van der Waals surface area (Å²) < 4.78 is 16.4. The average molecular weight is 441 g/mol. The molecule has 1 aliphatic heterocycles. The Balaban J connectivity index is 1.52. The Morgan fingerprint density at radius 3 is 2.90 bits per heavy atom. The highest BCUT2D eigenvalue weighted by molar-refractivity contribution is 7.98. The van der Waals surface area contributed by atoms with Gasteiger partial charge in [0.2, 0.25) is 11.1 Å². The number of aromatic nitrogens is 3. The zero-order valence-corrected chi connectivity index (χ0v) is 17.5. The van der Waals surface area contributed by atoms with Gasteiger partial charge in [-0.05, 0) is 36.6 Å². The van der Waals surface area contributed by atoms with Gasteiger partial charge in [-0.3, -0.25) is 4.79 Å². The molecule has 0 fully saturated rings. The van der Waals surface area contributed by atoms with Crippen molar-refractivity contribution < 1.29 is 9.18 Å². The number of thioether (sulfide) groups is 1. The predicted octanol–water partition coefficient (Wildman–Crippen LogP) is 5.38. The first-order valence-corrected chi connectivity index (χ1v) is 11.1. The van der Waals surface area contributed by atoms with E-state index in [9.17, 15) is 9.18 Å². The topological polar surface area (TPSA) is 59.8 Å². The minimum atomic E-state index is -0.613. The summed E-state index contributed by atoms with van der Waals surface area (Å²) in [6, 6.07) is 13.6. The number of hydrogen-bond acceptors (Lipinski definition) is 5. The lowest BCUT2D eigenvalue weighted by atomic mass is 9.85. The van der Waals surface area contributed by atoms with Gasteiger partial charge in [0.15, 0.2) is 5.78 Å². The van der Waals surface area contributed by atoms with E-state index in [2.05, 4.69) is 15.4 Å². The van der Waals surface area contributed by atoms with Crippen molar-refractivity contribution in [2.45, 2.75) is 36.2 Å². The maximum Gasteiger partial charge on any atom is 0.227 e. The van der Waals surface area contributed by atoms with Crippen LogP contribution < -0.4 is 5.32 Å². The third-order valence-electron chi connectivity index (χ3n) is 5.31. The highest BCUT2D eigenvalue weighted by Crippen LogP contribution is 2.41. The molecule has 1 N–H and O–H groups in total. The van der Waals surface area contributed by atoms with Crippen LogP contribution in [0, 0.1) is 5.82 Å². The van der Waals surface area contributed by atoms with Gasteiger partial charge in [-0.2, -0.15) is 4.98 Å². The van der Waals surface area contributed by atoms with Gasteiger partial charge < -0.3 is 5.32 Å². The number of nitrogens with one attached hydrogen (secondary N) is 1. The smallest absolute Gasteiger partial charge is 0.227 e. The number of ketones is 1. The van der Waals surface area contributed by atoms with Crippen LogP contribution in [-0.2, 0) is 10.5 Å². The maximum atomic E-state index is 14.7. The third kappa shape index (κ3) is 3.52. The second-order valence-corrected chi connectivity index (χ2v) is 8.68. The van der Waals surface area contributed by atoms with E-state index in [4.69, 9.17) is 11.6 Å². The van der Waals surface area contributed by atoms with Crippen molar-refractivity contribution in [2.24, 2.45) is 0 Å². The van der Waals surface area contributed by atoms with Crippen LogP contribution in [-0.4, -0.2) is 20.5 Å². The Morgan fingerprint density at radius 1 is 1.20 bits per heavy atom. The van der Waals surface area contributed by atoms with Crippen molar-refractivity contribution in [1.29, 1.82) is 0 Å². The molecule has 5 nitrogen and oxygen atoms in total. The molecule has 8 heteroatoms. The van der Waals surface area contributed by atoms with E-state index in [0.717, 1.165) is 24.1 Å². The Bertz CT molecular complexity index is 1180. The second kappa shape index (κ2) is 7.89. The lowest BCUT2D eigenvalue weighted by Gasteiger charge is -2.32. The molecule has 0 saturated carbocycles. The molecule has 0 amide bonds. The van der Waals surface area contributed by atoms with Gasteiger partial charge in [-0.25, -0.2) is 9.07 Å². The third-order valence-corrected chi connectivity index (χ3v) is 6.45. The van der Waals surface area contributed by atoms with Crippen molar-refractivity contribution in [1.82, 2.24) is 14.8 Å². The zero-order valence-electron chi connectivity index (χ0n) is 15.9. The number of Topliss-reactive ketones (excluding diaryl/α,β-unsaturated/α-hetero) is 1. The minimum Gasteiger partial charge on any atom is -0.328 e. The quantitative estimate of drug-likeness (QED) is 0.551. The highest BCUT2D eigenvalue weighted by atomic mass is 35.5. The van der Waals surface area contributed by atoms with E-state index < -0.39 is 6.04 Å². The number of halogens is 2. The van der Waals surface area contributed by atoms with E-state index >= 15 is 0 Å². The molecule has 0 saturated heterocycles. The largest absolute Gasteiger partial charge is 0.328 e. The molecule has 30 heavy (non-hydrogen) atoms. The normalized spacial score (nSPS) is 18.1. The van der Waals surface area contributed by atoms with Gasteiger partial charge in [0.25, 0.3) is 0 Å². The first kappa shape index (κ1) is 19.3. The van der Waals surface area contributed by atoms with E-state index in [1.165, 1.54) is 17.8 Å². The van der Waals surface area contributed by atoms with Crippen molar-refractivity contribution in [2.75, 3.05) is 5.32 Å². The number of rotatable bonds is 4. The SMILES string of the molecule is O=C1CCCC2=C1C(c1ccccc1F)n1nc(SCc3cccc(Cl)c3)nc1N2. The van der Waals surface area contributed by atoms with E-state index in [0.29, 0.717) is 39.4 Å². The monoisotopic (exact) mass is 440 g/mol. The first-order valence-electron chi connectivity index (χ1n) is 9.71. The molecule has 5 rings (SSSR count). The molecule has 0 radical (unpaired) electrons. The molecule has 2 aromatic carbocycles. The molecule has 1 atom stereocenters. The van der Waals surface area contributed by atoms with Crippen molar-refractivity contribution in [3.63, 3.8) is 0 Å². The van der Waals surface area contributed by atoms with E-state index in [1.807, 2.05) is 24.3 Å². The number of anilines is 1. The molecule has 3 aromatic rings. The predicted molar refractivity (Wildman–Crippen MR) is 115 cm³/mol. The van der Waals surface area contributed by atoms with Gasteiger partial charge in [-0.15, -0.1) is 5.10 Å². The van der Waals surface area contributed by atoms with E-state index in [1.54, 1.807) is 22.9 Å². The van der Waals surface area contributed by atoms with Gasteiger partial charge in [0.05, 0.1) is 0 Å². The molecule has 2 aliphatic rings. The van der Waals surface area contributed by atoms with Crippen LogP contribution in [0.2, 0.25) is 5.02 Å². The Hall–Kier alpha value is -2.64. The number of carbonyl (C=O) groups is 1. The minimum absolute atomic E-state index is 0.0336. The second-order valence-electron chi connectivity index (χ2n) is 7.30. The number of benzene rings is 2. The summed E-state index contributed by atoms with van der Waals surface area (Å²) in [6.07, 6.45) is 1.98. The Morgan fingerprint density at radius 2 is 2.07 bits per heavy atom. The molecule has 1 unspecified atom stereocenters. The van der Waals surface area contributed by atoms with Crippen molar-refractivity contribution >= 4 is 35.1 Å². The van der Waals surface area contributed by atoms with Crippen LogP contribution >= 0.6 is 23.4 Å². The summed E-state index contributed by atoms with van der Waals surface area (Å²) in [6.45, 7) is 0. The lowest BCUT2D eigenvalue weighted by molar-refractivity contribution is -0.116. The van der Waals surface area contributed by atoms with Gasteiger partial charge >= 0.3 is 0 Å². The van der Waals surface area contributed by atoms with Crippen LogP contribution in [0.1, 0.15) is 36.4 Å². The summed E-state index contributed by atoms with van der Waals surface area (Å²) in [5.74, 6) is 0.862. The molecular formula is C22H18ClFN4OS. The van der Waals surface area contributed by atoms with Crippen molar-refractivity contribution in [3.05, 3.63) is 81.8 Å². The number of allylic oxidation sites excluding steroid dienone is 2. The zero-order chi connectivity index (χ0) is 20.7. The first-order chi connectivity index (χ1) is 14.6. The standard InChI is InChI=1S/C22H18ClFN4OS/c23-14-6-3-5-13(11-14)12-30-22-26-21-25-17-9-4-10-18(29)19(17)20(28(21)27-22)15-7-1-2-8-16(15)24/h1-3,5-8,11,20H,4,9-10,12H2,(H,25,26,27). The summed E-state index contributed by atoms with van der Waals surface area (Å²) in [5, 5.41) is 9.14. The fourth-order valence-electron chi connectivity index (χ4n) is 3.96. The molecule has 0 spiro atoms. The summed E-state index contributed by atoms with van der Waals surface area (Å²) in [7, 11) is 0. The molecule has 1 aliphatic carbocycles. The lowest BCUT2D eigenvalue weighted by Crippen LogP contribution is -2.32.